The third kappa shape index (κ3) is 5.08. The van der Waals surface area contributed by atoms with Crippen LogP contribution in [0.25, 0.3) is 0 Å². The van der Waals surface area contributed by atoms with Gasteiger partial charge in [0.05, 0.1) is 19.3 Å². The summed E-state index contributed by atoms with van der Waals surface area (Å²) in [6.45, 7) is 6.77. The molecular formula is C30H41FO9. The fourth-order valence-corrected chi connectivity index (χ4v) is 8.09. The van der Waals surface area contributed by atoms with E-state index < -0.39 is 59.3 Å². The van der Waals surface area contributed by atoms with E-state index in [0.29, 0.717) is 18.4 Å². The molecule has 0 amide bonds. The Hall–Kier alpha value is -2.75. The Morgan fingerprint density at radius 2 is 1.85 bits per heavy atom. The van der Waals surface area contributed by atoms with Gasteiger partial charge in [-0.2, -0.15) is 0 Å². The Labute approximate surface area is 234 Å². The van der Waals surface area contributed by atoms with Crippen LogP contribution in [0, 0.1) is 28.6 Å². The minimum Gasteiger partial charge on any atom is -0.435 e. The van der Waals surface area contributed by atoms with E-state index in [1.165, 1.54) is 12.2 Å². The molecule has 0 heterocycles. The van der Waals surface area contributed by atoms with Crippen LogP contribution in [0.3, 0.4) is 0 Å². The first-order chi connectivity index (χ1) is 18.9. The van der Waals surface area contributed by atoms with Crippen molar-refractivity contribution < 1.29 is 47.6 Å². The van der Waals surface area contributed by atoms with E-state index in [4.69, 9.17) is 18.9 Å². The fourth-order valence-electron chi connectivity index (χ4n) is 8.09. The number of unbranched alkanes of at least 4 members (excludes halogenated alkanes) is 2. The summed E-state index contributed by atoms with van der Waals surface area (Å²) in [5.41, 5.74) is -3.33. The van der Waals surface area contributed by atoms with Gasteiger partial charge in [0.15, 0.2) is 18.0 Å². The van der Waals surface area contributed by atoms with Crippen LogP contribution < -0.4 is 0 Å². The number of hydrogen-bond donors (Lipinski definition) is 1. The number of carbonyl (C=O) groups excluding carboxylic acids is 4. The molecule has 1 unspecified atom stereocenters. The van der Waals surface area contributed by atoms with Crippen LogP contribution in [0.1, 0.15) is 72.6 Å². The monoisotopic (exact) mass is 564 g/mol. The van der Waals surface area contributed by atoms with Crippen LogP contribution in [0.2, 0.25) is 0 Å². The molecule has 0 spiro atoms. The zero-order valence-corrected chi connectivity index (χ0v) is 23.8. The van der Waals surface area contributed by atoms with Crippen LogP contribution >= 0.6 is 0 Å². The molecule has 0 aromatic heterocycles. The minimum absolute atomic E-state index is 0.0629. The average Bonchev–Trinajstić information content (AvgIpc) is 3.18. The van der Waals surface area contributed by atoms with E-state index in [2.05, 4.69) is 0 Å². The van der Waals surface area contributed by atoms with Crippen LogP contribution in [-0.2, 0) is 28.5 Å². The Balaban J connectivity index is 1.66. The van der Waals surface area contributed by atoms with Crippen molar-refractivity contribution in [2.45, 2.75) is 90.5 Å². The molecule has 222 valence electrons. The maximum Gasteiger partial charge on any atom is 0.509 e. The molecule has 0 aromatic rings. The smallest absolute Gasteiger partial charge is 0.435 e. The number of fused-ring (bicyclic) bond motifs is 5. The molecule has 0 saturated heterocycles. The summed E-state index contributed by atoms with van der Waals surface area (Å²) in [5, 5.41) is 11.7. The fraction of sp³-hybridized carbons (Fsp3) is 0.733. The summed E-state index contributed by atoms with van der Waals surface area (Å²) in [4.78, 5) is 50.7. The summed E-state index contributed by atoms with van der Waals surface area (Å²) < 4.78 is 36.7. The van der Waals surface area contributed by atoms with E-state index in [1.807, 2.05) is 13.8 Å². The van der Waals surface area contributed by atoms with Crippen molar-refractivity contribution in [3.63, 3.8) is 0 Å². The summed E-state index contributed by atoms with van der Waals surface area (Å²) in [6, 6.07) is 0. The quantitative estimate of drug-likeness (QED) is 0.303. The molecular weight excluding hydrogens is 523 g/mol. The van der Waals surface area contributed by atoms with E-state index in [0.717, 1.165) is 12.8 Å². The highest BCUT2D eigenvalue weighted by molar-refractivity contribution is 6.01. The lowest BCUT2D eigenvalue weighted by Gasteiger charge is -2.60. The second-order valence-electron chi connectivity index (χ2n) is 12.0. The first kappa shape index (κ1) is 30.2. The van der Waals surface area contributed by atoms with Crippen molar-refractivity contribution in [1.29, 1.82) is 0 Å². The molecule has 4 aliphatic rings. The highest BCUT2D eigenvalue weighted by Gasteiger charge is 2.71. The first-order valence-electron chi connectivity index (χ1n) is 14.4. The molecule has 0 radical (unpaired) electrons. The number of alkyl halides is 1. The van der Waals surface area contributed by atoms with Gasteiger partial charge < -0.3 is 24.1 Å². The summed E-state index contributed by atoms with van der Waals surface area (Å²) >= 11 is 0. The Bertz CT molecular complexity index is 1090. The third-order valence-electron chi connectivity index (χ3n) is 9.86. The van der Waals surface area contributed by atoms with Crippen LogP contribution in [-0.4, -0.2) is 66.7 Å². The summed E-state index contributed by atoms with van der Waals surface area (Å²) in [5.74, 6) is -1.95. The highest BCUT2D eigenvalue weighted by Crippen LogP contribution is 2.68. The van der Waals surface area contributed by atoms with Gasteiger partial charge in [0.1, 0.15) is 6.17 Å². The van der Waals surface area contributed by atoms with Crippen molar-refractivity contribution in [3.05, 3.63) is 23.8 Å². The van der Waals surface area contributed by atoms with Crippen molar-refractivity contribution in [3.8, 4) is 0 Å². The van der Waals surface area contributed by atoms with Gasteiger partial charge in [0.2, 0.25) is 5.78 Å². The Kier molecular flexibility index (Phi) is 8.78. The predicted octanol–water partition coefficient (Wildman–Crippen LogP) is 5.04. The summed E-state index contributed by atoms with van der Waals surface area (Å²) in [6.07, 6.45) is 3.22. The highest BCUT2D eigenvalue weighted by atomic mass is 19.1. The molecule has 0 aliphatic heterocycles. The van der Waals surface area contributed by atoms with E-state index in [-0.39, 0.29) is 50.1 Å². The molecule has 40 heavy (non-hydrogen) atoms. The molecule has 3 saturated carbocycles. The van der Waals surface area contributed by atoms with Crippen molar-refractivity contribution >= 4 is 23.9 Å². The van der Waals surface area contributed by atoms with E-state index >= 15 is 4.39 Å². The molecule has 1 N–H and O–H groups in total. The topological polar surface area (TPSA) is 125 Å². The molecule has 9 nitrogen and oxygen atoms in total. The molecule has 10 heteroatoms. The maximum atomic E-state index is 15.7. The Morgan fingerprint density at radius 3 is 2.55 bits per heavy atom. The maximum absolute atomic E-state index is 15.7. The van der Waals surface area contributed by atoms with Crippen LogP contribution in [0.15, 0.2) is 23.8 Å². The molecule has 8 atom stereocenters. The SMILES string of the molecule is CCCCCOC(=O)O[C@]1(C(=O)COC(=O)OCC)CC[C@H]2[C@@H]3C[C@H](F)C4=CC(=O)C=C[C@]4(C)[C@H]3C(O)C[C@@]21C. The lowest BCUT2D eigenvalue weighted by Crippen LogP contribution is -2.64. The average molecular weight is 565 g/mol. The zero-order chi connectivity index (χ0) is 29.3. The molecule has 4 aliphatic carbocycles. The van der Waals surface area contributed by atoms with Gasteiger partial charge in [-0.3, -0.25) is 9.59 Å². The minimum atomic E-state index is -1.75. The lowest BCUT2D eigenvalue weighted by molar-refractivity contribution is -0.186. The standard InChI is InChI=1S/C30H41FO9/c1-5-7-8-13-38-27(36)40-30(24(34)17-39-26(35)37-6-2)12-10-20-19-15-22(31)21-14-18(32)9-11-28(21,3)25(19)23(33)16-29(20,30)4/h9,11,14,19-20,22-23,25,33H,5-8,10,12-13,15-17H2,1-4H3/t19-,20-,22-,23?,25+,28-,29-,30-/m0/s1. The largest absolute Gasteiger partial charge is 0.509 e. The lowest BCUT2D eigenvalue weighted by atomic mass is 9.46. The van der Waals surface area contributed by atoms with Gasteiger partial charge in [-0.1, -0.05) is 39.7 Å². The van der Waals surface area contributed by atoms with Crippen LogP contribution in [0.5, 0.6) is 0 Å². The molecule has 4 rings (SSSR count). The van der Waals surface area contributed by atoms with Gasteiger partial charge >= 0.3 is 12.3 Å². The number of carbonyl (C=O) groups is 4. The van der Waals surface area contributed by atoms with Gasteiger partial charge in [-0.05, 0) is 68.6 Å². The van der Waals surface area contributed by atoms with Crippen LogP contribution in [0.4, 0.5) is 14.0 Å². The molecule has 3 fully saturated rings. The first-order valence-corrected chi connectivity index (χ1v) is 14.4. The zero-order valence-electron chi connectivity index (χ0n) is 23.8. The van der Waals surface area contributed by atoms with Crippen molar-refractivity contribution in [1.82, 2.24) is 0 Å². The predicted molar refractivity (Wildman–Crippen MR) is 141 cm³/mol. The van der Waals surface area contributed by atoms with E-state index in [9.17, 15) is 24.3 Å². The number of ketones is 2. The number of ether oxygens (including phenoxy) is 4. The number of aliphatic hydroxyl groups excluding tert-OH is 1. The number of halogens is 1. The van der Waals surface area contributed by atoms with Crippen molar-refractivity contribution in [2.75, 3.05) is 19.8 Å². The van der Waals surface area contributed by atoms with Gasteiger partial charge in [0.25, 0.3) is 0 Å². The normalized spacial score (nSPS) is 37.9. The van der Waals surface area contributed by atoms with E-state index in [1.54, 1.807) is 19.9 Å². The second-order valence-corrected chi connectivity index (χ2v) is 12.0. The van der Waals surface area contributed by atoms with Gasteiger partial charge in [-0.15, -0.1) is 0 Å². The van der Waals surface area contributed by atoms with Gasteiger partial charge in [-0.25, -0.2) is 14.0 Å². The number of hydrogen-bond acceptors (Lipinski definition) is 9. The summed E-state index contributed by atoms with van der Waals surface area (Å²) in [7, 11) is 0. The van der Waals surface area contributed by atoms with Gasteiger partial charge in [0, 0.05) is 16.7 Å². The number of rotatable bonds is 9. The number of aliphatic hydroxyl groups is 1. The molecule has 0 aromatic carbocycles. The third-order valence-corrected chi connectivity index (χ3v) is 9.86. The number of Topliss-reactive ketones (excluding diaryl/α,β-unsaturated/α-hetero) is 1. The number of allylic oxidation sites excluding steroid dienone is 4. The second kappa shape index (κ2) is 11.6. The Morgan fingerprint density at radius 1 is 1.10 bits per heavy atom. The molecule has 0 bridgehead atoms. The van der Waals surface area contributed by atoms with Crippen molar-refractivity contribution in [2.24, 2.45) is 28.6 Å².